The van der Waals surface area contributed by atoms with Crippen LogP contribution in [0.15, 0.2) is 36.7 Å². The summed E-state index contributed by atoms with van der Waals surface area (Å²) in [5, 5.41) is 6.48. The smallest absolute Gasteiger partial charge is 0.270 e. The number of aromatic nitrogens is 2. The standard InChI is InChI=1S/C15H17ClN4O2/c1-22-7-3-6-17-15(21)13-9-14(19-10-18-13)20-12-5-2-4-11(16)8-12/h2,4-5,8-10H,3,6-7H2,1H3,(H,17,21)(H,18,19,20). The minimum atomic E-state index is -0.243. The summed E-state index contributed by atoms with van der Waals surface area (Å²) in [5.41, 5.74) is 1.09. The van der Waals surface area contributed by atoms with Crippen molar-refractivity contribution in [3.8, 4) is 0 Å². The van der Waals surface area contributed by atoms with Crippen molar-refractivity contribution in [3.05, 3.63) is 47.4 Å². The van der Waals surface area contributed by atoms with Crippen LogP contribution in [-0.2, 0) is 4.74 Å². The summed E-state index contributed by atoms with van der Waals surface area (Å²) in [6, 6.07) is 8.83. The van der Waals surface area contributed by atoms with Gasteiger partial charge in [-0.1, -0.05) is 17.7 Å². The summed E-state index contributed by atoms with van der Waals surface area (Å²) in [6.45, 7) is 1.14. The molecule has 0 saturated heterocycles. The third kappa shape index (κ3) is 4.98. The zero-order valence-electron chi connectivity index (χ0n) is 12.2. The molecule has 0 radical (unpaired) electrons. The van der Waals surface area contributed by atoms with Crippen molar-refractivity contribution in [1.29, 1.82) is 0 Å². The second kappa shape index (κ2) is 8.31. The lowest BCUT2D eigenvalue weighted by atomic mass is 10.3. The van der Waals surface area contributed by atoms with Gasteiger partial charge in [0.05, 0.1) is 0 Å². The van der Waals surface area contributed by atoms with Gasteiger partial charge in [0.25, 0.3) is 5.91 Å². The molecule has 1 heterocycles. The Labute approximate surface area is 133 Å². The van der Waals surface area contributed by atoms with Crippen LogP contribution in [0.5, 0.6) is 0 Å². The minimum absolute atomic E-state index is 0.243. The number of hydrogen-bond acceptors (Lipinski definition) is 5. The van der Waals surface area contributed by atoms with Gasteiger partial charge in [-0.3, -0.25) is 4.79 Å². The zero-order valence-corrected chi connectivity index (χ0v) is 12.9. The summed E-state index contributed by atoms with van der Waals surface area (Å²) in [6.07, 6.45) is 2.10. The summed E-state index contributed by atoms with van der Waals surface area (Å²) >= 11 is 5.93. The van der Waals surface area contributed by atoms with E-state index in [1.54, 1.807) is 25.3 Å². The number of carbonyl (C=O) groups is 1. The van der Waals surface area contributed by atoms with Crippen LogP contribution in [0.1, 0.15) is 16.9 Å². The molecule has 0 aliphatic rings. The number of nitrogens with one attached hydrogen (secondary N) is 2. The first kappa shape index (κ1) is 16.2. The largest absolute Gasteiger partial charge is 0.385 e. The van der Waals surface area contributed by atoms with Crippen molar-refractivity contribution in [3.63, 3.8) is 0 Å². The highest BCUT2D eigenvalue weighted by Gasteiger charge is 2.08. The van der Waals surface area contributed by atoms with E-state index in [-0.39, 0.29) is 5.91 Å². The molecule has 0 bridgehead atoms. The molecule has 0 fully saturated rings. The summed E-state index contributed by atoms with van der Waals surface area (Å²) < 4.78 is 4.93. The first-order chi connectivity index (χ1) is 10.7. The Bertz CT molecular complexity index is 636. The van der Waals surface area contributed by atoms with E-state index in [0.717, 1.165) is 12.1 Å². The lowest BCUT2D eigenvalue weighted by Gasteiger charge is -2.08. The molecule has 116 valence electrons. The fourth-order valence-electron chi connectivity index (χ4n) is 1.77. The van der Waals surface area contributed by atoms with Crippen LogP contribution < -0.4 is 10.6 Å². The average molecular weight is 321 g/mol. The molecule has 0 spiro atoms. The molecular weight excluding hydrogens is 304 g/mol. The van der Waals surface area contributed by atoms with E-state index in [1.807, 2.05) is 12.1 Å². The van der Waals surface area contributed by atoms with E-state index in [4.69, 9.17) is 16.3 Å². The number of hydrogen-bond donors (Lipinski definition) is 2. The number of anilines is 2. The van der Waals surface area contributed by atoms with Crippen molar-refractivity contribution >= 4 is 29.0 Å². The van der Waals surface area contributed by atoms with E-state index in [1.165, 1.54) is 6.33 Å². The van der Waals surface area contributed by atoms with E-state index in [9.17, 15) is 4.79 Å². The Balaban J connectivity index is 1.98. The quantitative estimate of drug-likeness (QED) is 0.767. The van der Waals surface area contributed by atoms with Crippen LogP contribution in [0.3, 0.4) is 0 Å². The molecule has 2 aromatic rings. The van der Waals surface area contributed by atoms with Crippen molar-refractivity contribution in [2.45, 2.75) is 6.42 Å². The van der Waals surface area contributed by atoms with Gasteiger partial charge in [0.1, 0.15) is 17.8 Å². The lowest BCUT2D eigenvalue weighted by molar-refractivity contribution is 0.0943. The first-order valence-electron chi connectivity index (χ1n) is 6.81. The number of ether oxygens (including phenoxy) is 1. The molecule has 0 atom stereocenters. The number of rotatable bonds is 7. The molecule has 2 rings (SSSR count). The fraction of sp³-hybridized carbons (Fsp3) is 0.267. The van der Waals surface area contributed by atoms with Gasteiger partial charge < -0.3 is 15.4 Å². The Morgan fingerprint density at radius 2 is 2.18 bits per heavy atom. The van der Waals surface area contributed by atoms with Gasteiger partial charge in [0.2, 0.25) is 0 Å². The Morgan fingerprint density at radius 3 is 2.95 bits per heavy atom. The van der Waals surface area contributed by atoms with Gasteiger partial charge in [-0.2, -0.15) is 0 Å². The van der Waals surface area contributed by atoms with Crippen molar-refractivity contribution < 1.29 is 9.53 Å². The SMILES string of the molecule is COCCCNC(=O)c1cc(Nc2cccc(Cl)c2)ncn1. The number of methoxy groups -OCH3 is 1. The summed E-state index contributed by atoms with van der Waals surface area (Å²) in [7, 11) is 1.63. The maximum atomic E-state index is 12.0. The highest BCUT2D eigenvalue weighted by atomic mass is 35.5. The zero-order chi connectivity index (χ0) is 15.8. The highest BCUT2D eigenvalue weighted by Crippen LogP contribution is 2.18. The number of amides is 1. The normalized spacial score (nSPS) is 10.3. The van der Waals surface area contributed by atoms with Gasteiger partial charge in [0, 0.05) is 37.0 Å². The highest BCUT2D eigenvalue weighted by molar-refractivity contribution is 6.30. The van der Waals surface area contributed by atoms with E-state index < -0.39 is 0 Å². The van der Waals surface area contributed by atoms with Crippen LogP contribution in [0.4, 0.5) is 11.5 Å². The molecule has 0 aliphatic heterocycles. The second-order valence-electron chi connectivity index (χ2n) is 4.53. The fourth-order valence-corrected chi connectivity index (χ4v) is 1.96. The monoisotopic (exact) mass is 320 g/mol. The number of nitrogens with zero attached hydrogens (tertiary/aromatic N) is 2. The molecule has 6 nitrogen and oxygen atoms in total. The molecule has 1 amide bonds. The van der Waals surface area contributed by atoms with E-state index >= 15 is 0 Å². The van der Waals surface area contributed by atoms with Gasteiger partial charge in [-0.05, 0) is 24.6 Å². The molecule has 1 aromatic carbocycles. The predicted molar refractivity (Wildman–Crippen MR) is 85.6 cm³/mol. The van der Waals surface area contributed by atoms with E-state index in [2.05, 4.69) is 20.6 Å². The topological polar surface area (TPSA) is 76.1 Å². The van der Waals surface area contributed by atoms with Crippen molar-refractivity contribution in [1.82, 2.24) is 15.3 Å². The lowest BCUT2D eigenvalue weighted by Crippen LogP contribution is -2.26. The maximum absolute atomic E-state index is 12.0. The van der Waals surface area contributed by atoms with Crippen molar-refractivity contribution in [2.75, 3.05) is 25.6 Å². The number of carbonyl (C=O) groups excluding carboxylic acids is 1. The third-order valence-corrected chi connectivity index (χ3v) is 3.04. The van der Waals surface area contributed by atoms with Gasteiger partial charge in [-0.15, -0.1) is 0 Å². The molecule has 2 N–H and O–H groups in total. The van der Waals surface area contributed by atoms with Crippen molar-refractivity contribution in [2.24, 2.45) is 0 Å². The number of benzene rings is 1. The third-order valence-electron chi connectivity index (χ3n) is 2.81. The summed E-state index contributed by atoms with van der Waals surface area (Å²) in [5.74, 6) is 0.284. The predicted octanol–water partition coefficient (Wildman–Crippen LogP) is 2.64. The molecule has 1 aromatic heterocycles. The summed E-state index contributed by atoms with van der Waals surface area (Å²) in [4.78, 5) is 20.0. The Morgan fingerprint density at radius 1 is 1.32 bits per heavy atom. The van der Waals surface area contributed by atoms with Gasteiger partial charge >= 0.3 is 0 Å². The molecular formula is C15H17ClN4O2. The average Bonchev–Trinajstić information content (AvgIpc) is 2.52. The van der Waals surface area contributed by atoms with Crippen LogP contribution in [0.25, 0.3) is 0 Å². The van der Waals surface area contributed by atoms with Crippen LogP contribution in [0.2, 0.25) is 5.02 Å². The number of halogens is 1. The second-order valence-corrected chi connectivity index (χ2v) is 4.96. The molecule has 22 heavy (non-hydrogen) atoms. The Hall–Kier alpha value is -2.18. The molecule has 0 saturated carbocycles. The maximum Gasteiger partial charge on any atom is 0.270 e. The minimum Gasteiger partial charge on any atom is -0.385 e. The van der Waals surface area contributed by atoms with Gasteiger partial charge in [-0.25, -0.2) is 9.97 Å². The first-order valence-corrected chi connectivity index (χ1v) is 7.18. The van der Waals surface area contributed by atoms with Crippen LogP contribution >= 0.6 is 11.6 Å². The molecule has 0 unspecified atom stereocenters. The molecule has 7 heteroatoms. The van der Waals surface area contributed by atoms with Gasteiger partial charge in [0.15, 0.2) is 0 Å². The van der Waals surface area contributed by atoms with Crippen LogP contribution in [0, 0.1) is 0 Å². The Kier molecular flexibility index (Phi) is 6.12. The molecule has 0 aliphatic carbocycles. The van der Waals surface area contributed by atoms with E-state index in [0.29, 0.717) is 29.7 Å². The van der Waals surface area contributed by atoms with Crippen LogP contribution in [-0.4, -0.2) is 36.1 Å².